The lowest BCUT2D eigenvalue weighted by Gasteiger charge is -2.40. The van der Waals surface area contributed by atoms with E-state index in [2.05, 4.69) is 11.9 Å². The number of carbonyl (C=O) groups excluding carboxylic acids is 1. The van der Waals surface area contributed by atoms with E-state index >= 15 is 0 Å². The fourth-order valence-corrected chi connectivity index (χ4v) is 3.05. The van der Waals surface area contributed by atoms with Gasteiger partial charge in [-0.3, -0.25) is 4.79 Å². The van der Waals surface area contributed by atoms with Crippen molar-refractivity contribution in [3.8, 4) is 0 Å². The van der Waals surface area contributed by atoms with Crippen molar-refractivity contribution >= 4 is 12.0 Å². The van der Waals surface area contributed by atoms with Crippen molar-refractivity contribution < 1.29 is 14.7 Å². The lowest BCUT2D eigenvalue weighted by atomic mass is 9.99. The SMILES string of the molecule is CC1CN(C)CCN1C(=O)N1C[C@@H](C)[C@H](C(=O)O)C1. The van der Waals surface area contributed by atoms with Crippen LogP contribution in [0.4, 0.5) is 4.79 Å². The molecule has 2 saturated heterocycles. The molecule has 0 bridgehead atoms. The number of nitrogens with zero attached hydrogens (tertiary/aromatic N) is 3. The van der Waals surface area contributed by atoms with Gasteiger partial charge in [-0.15, -0.1) is 0 Å². The van der Waals surface area contributed by atoms with E-state index in [9.17, 15) is 9.59 Å². The van der Waals surface area contributed by atoms with Crippen LogP contribution >= 0.6 is 0 Å². The van der Waals surface area contributed by atoms with Gasteiger partial charge in [-0.1, -0.05) is 6.92 Å². The van der Waals surface area contributed by atoms with E-state index in [4.69, 9.17) is 5.11 Å². The summed E-state index contributed by atoms with van der Waals surface area (Å²) in [6, 6.07) is 0.182. The second-order valence-corrected chi connectivity index (χ2v) is 5.91. The minimum Gasteiger partial charge on any atom is -0.481 e. The summed E-state index contributed by atoms with van der Waals surface area (Å²) in [7, 11) is 2.05. The minimum absolute atomic E-state index is 0.00352. The number of urea groups is 1. The minimum atomic E-state index is -0.797. The molecule has 2 rings (SSSR count). The summed E-state index contributed by atoms with van der Waals surface area (Å²) in [5.41, 5.74) is 0. The zero-order chi connectivity index (χ0) is 14.2. The van der Waals surface area contributed by atoms with Crippen LogP contribution in [-0.2, 0) is 4.79 Å². The third kappa shape index (κ3) is 2.83. The Labute approximate surface area is 114 Å². The summed E-state index contributed by atoms with van der Waals surface area (Å²) in [6.45, 7) is 7.31. The number of aliphatic carboxylic acids is 1. The third-order valence-corrected chi connectivity index (χ3v) is 4.28. The average molecular weight is 269 g/mol. The molecule has 2 heterocycles. The Hall–Kier alpha value is -1.30. The highest BCUT2D eigenvalue weighted by Crippen LogP contribution is 2.25. The maximum Gasteiger partial charge on any atom is 0.320 e. The van der Waals surface area contributed by atoms with Gasteiger partial charge < -0.3 is 19.8 Å². The van der Waals surface area contributed by atoms with E-state index in [0.29, 0.717) is 13.1 Å². The summed E-state index contributed by atoms with van der Waals surface area (Å²) in [5, 5.41) is 9.12. The Morgan fingerprint density at radius 2 is 1.79 bits per heavy atom. The molecule has 0 radical (unpaired) electrons. The molecule has 0 spiro atoms. The van der Waals surface area contributed by atoms with E-state index in [-0.39, 0.29) is 18.0 Å². The van der Waals surface area contributed by atoms with Crippen molar-refractivity contribution in [3.05, 3.63) is 0 Å². The van der Waals surface area contributed by atoms with Crippen LogP contribution in [0.1, 0.15) is 13.8 Å². The molecule has 0 saturated carbocycles. The summed E-state index contributed by atoms with van der Waals surface area (Å²) in [6.07, 6.45) is 0. The molecule has 19 heavy (non-hydrogen) atoms. The van der Waals surface area contributed by atoms with Crippen molar-refractivity contribution in [1.29, 1.82) is 0 Å². The van der Waals surface area contributed by atoms with Crippen LogP contribution in [0.2, 0.25) is 0 Å². The maximum absolute atomic E-state index is 12.5. The highest BCUT2D eigenvalue weighted by molar-refractivity contribution is 5.78. The topological polar surface area (TPSA) is 64.1 Å². The molecule has 0 aromatic heterocycles. The van der Waals surface area contributed by atoms with Gasteiger partial charge in [0.15, 0.2) is 0 Å². The van der Waals surface area contributed by atoms with Crippen LogP contribution in [0, 0.1) is 11.8 Å². The predicted molar refractivity (Wildman–Crippen MR) is 70.9 cm³/mol. The number of likely N-dealkylation sites (N-methyl/N-ethyl adjacent to an activating group) is 1. The quantitative estimate of drug-likeness (QED) is 0.748. The summed E-state index contributed by atoms with van der Waals surface area (Å²) >= 11 is 0. The first kappa shape index (κ1) is 14.1. The molecule has 6 heteroatoms. The monoisotopic (exact) mass is 269 g/mol. The second-order valence-electron chi connectivity index (χ2n) is 5.91. The molecular formula is C13H23N3O3. The zero-order valence-corrected chi connectivity index (χ0v) is 11.9. The van der Waals surface area contributed by atoms with Crippen LogP contribution in [0.25, 0.3) is 0 Å². The molecule has 108 valence electrons. The number of hydrogen-bond donors (Lipinski definition) is 1. The second kappa shape index (κ2) is 5.36. The Balaban J connectivity index is 1.99. The third-order valence-electron chi connectivity index (χ3n) is 4.28. The molecule has 0 aliphatic carbocycles. The van der Waals surface area contributed by atoms with Gasteiger partial charge in [0, 0.05) is 38.8 Å². The largest absolute Gasteiger partial charge is 0.481 e. The van der Waals surface area contributed by atoms with E-state index in [1.807, 2.05) is 18.7 Å². The van der Waals surface area contributed by atoms with Gasteiger partial charge in [0.25, 0.3) is 0 Å². The summed E-state index contributed by atoms with van der Waals surface area (Å²) in [4.78, 5) is 29.4. The fraction of sp³-hybridized carbons (Fsp3) is 0.846. The lowest BCUT2D eigenvalue weighted by molar-refractivity contribution is -0.142. The first-order chi connectivity index (χ1) is 8.90. The number of carboxylic acids is 1. The van der Waals surface area contributed by atoms with Crippen LogP contribution in [0.3, 0.4) is 0 Å². The maximum atomic E-state index is 12.5. The molecule has 3 atom stereocenters. The summed E-state index contributed by atoms with van der Waals surface area (Å²) < 4.78 is 0. The van der Waals surface area contributed by atoms with Gasteiger partial charge in [-0.05, 0) is 19.9 Å². The Bertz CT molecular complexity index is 374. The first-order valence-electron chi connectivity index (χ1n) is 6.87. The van der Waals surface area contributed by atoms with E-state index in [1.54, 1.807) is 4.90 Å². The Kier molecular flexibility index (Phi) is 3.99. The van der Waals surface area contributed by atoms with E-state index < -0.39 is 11.9 Å². The number of likely N-dealkylation sites (tertiary alicyclic amines) is 1. The number of carbonyl (C=O) groups is 2. The van der Waals surface area contributed by atoms with Gasteiger partial charge in [0.2, 0.25) is 0 Å². The van der Waals surface area contributed by atoms with Crippen molar-refractivity contribution in [2.45, 2.75) is 19.9 Å². The van der Waals surface area contributed by atoms with Gasteiger partial charge in [0.05, 0.1) is 5.92 Å². The molecule has 0 aromatic rings. The van der Waals surface area contributed by atoms with Crippen LogP contribution in [0.15, 0.2) is 0 Å². The van der Waals surface area contributed by atoms with Gasteiger partial charge in [0.1, 0.15) is 0 Å². The van der Waals surface area contributed by atoms with Gasteiger partial charge >= 0.3 is 12.0 Å². The molecule has 0 aromatic carbocycles. The molecule has 2 aliphatic heterocycles. The Morgan fingerprint density at radius 3 is 2.32 bits per heavy atom. The van der Waals surface area contributed by atoms with Crippen molar-refractivity contribution in [1.82, 2.24) is 14.7 Å². The molecule has 2 fully saturated rings. The van der Waals surface area contributed by atoms with Crippen LogP contribution in [-0.4, -0.2) is 77.6 Å². The molecule has 1 unspecified atom stereocenters. The van der Waals surface area contributed by atoms with E-state index in [1.165, 1.54) is 0 Å². The number of hydrogen-bond acceptors (Lipinski definition) is 3. The number of amides is 2. The number of rotatable bonds is 1. The van der Waals surface area contributed by atoms with Gasteiger partial charge in [-0.2, -0.15) is 0 Å². The average Bonchev–Trinajstić information content (AvgIpc) is 2.70. The number of piperazine rings is 1. The molecule has 2 amide bonds. The standard InChI is InChI=1S/C13H23N3O3/c1-9-6-15(8-11(9)12(17)18)13(19)16-5-4-14(3)7-10(16)2/h9-11H,4-8H2,1-3H3,(H,17,18)/t9-,10?,11-/m1/s1. The van der Waals surface area contributed by atoms with E-state index in [0.717, 1.165) is 19.6 Å². The lowest BCUT2D eigenvalue weighted by Crippen LogP contribution is -2.56. The van der Waals surface area contributed by atoms with Crippen LogP contribution in [0.5, 0.6) is 0 Å². The first-order valence-corrected chi connectivity index (χ1v) is 6.87. The number of carboxylic acid groups (broad SMARTS) is 1. The van der Waals surface area contributed by atoms with Crippen molar-refractivity contribution in [3.63, 3.8) is 0 Å². The highest BCUT2D eigenvalue weighted by Gasteiger charge is 2.39. The zero-order valence-electron chi connectivity index (χ0n) is 11.9. The molecular weight excluding hydrogens is 246 g/mol. The van der Waals surface area contributed by atoms with Gasteiger partial charge in [-0.25, -0.2) is 4.79 Å². The molecule has 2 aliphatic rings. The fourth-order valence-electron chi connectivity index (χ4n) is 3.05. The normalized spacial score (nSPS) is 32.7. The predicted octanol–water partition coefficient (Wildman–Crippen LogP) is 0.395. The Morgan fingerprint density at radius 1 is 1.11 bits per heavy atom. The smallest absolute Gasteiger partial charge is 0.320 e. The van der Waals surface area contributed by atoms with Crippen molar-refractivity contribution in [2.24, 2.45) is 11.8 Å². The molecule has 1 N–H and O–H groups in total. The summed E-state index contributed by atoms with van der Waals surface area (Å²) in [5.74, 6) is -1.19. The van der Waals surface area contributed by atoms with Crippen molar-refractivity contribution in [2.75, 3.05) is 39.8 Å². The highest BCUT2D eigenvalue weighted by atomic mass is 16.4. The van der Waals surface area contributed by atoms with Crippen LogP contribution < -0.4 is 0 Å². The molecule has 6 nitrogen and oxygen atoms in total.